The van der Waals surface area contributed by atoms with Gasteiger partial charge in [-0.05, 0) is 76.6 Å². The van der Waals surface area contributed by atoms with Gasteiger partial charge in [0.05, 0.1) is 0 Å². The number of benzene rings is 1. The minimum atomic E-state index is 0.709. The van der Waals surface area contributed by atoms with Gasteiger partial charge >= 0.3 is 0 Å². The molecule has 2 rings (SSSR count). The van der Waals surface area contributed by atoms with Gasteiger partial charge in [-0.1, -0.05) is 29.3 Å². The molecule has 1 aromatic carbocycles. The summed E-state index contributed by atoms with van der Waals surface area (Å²) >= 11 is 12.2. The third kappa shape index (κ3) is 4.92. The fourth-order valence-corrected chi connectivity index (χ4v) is 3.23. The third-order valence-corrected chi connectivity index (χ3v) is 4.69. The lowest BCUT2D eigenvalue weighted by Gasteiger charge is -2.32. The van der Waals surface area contributed by atoms with Gasteiger partial charge in [-0.25, -0.2) is 0 Å². The first-order valence-corrected chi connectivity index (χ1v) is 8.11. The third-order valence-electron chi connectivity index (χ3n) is 4.10. The maximum Gasteiger partial charge on any atom is 0.0465 e. The molecule has 1 heterocycles. The van der Waals surface area contributed by atoms with Crippen molar-refractivity contribution in [1.29, 1.82) is 0 Å². The highest BCUT2D eigenvalue weighted by molar-refractivity contribution is 6.35. The van der Waals surface area contributed by atoms with Gasteiger partial charge in [-0.2, -0.15) is 0 Å². The van der Waals surface area contributed by atoms with Gasteiger partial charge in [-0.15, -0.1) is 0 Å². The van der Waals surface area contributed by atoms with Crippen LogP contribution in [0, 0.1) is 5.92 Å². The second-order valence-corrected chi connectivity index (χ2v) is 6.89. The van der Waals surface area contributed by atoms with Crippen LogP contribution in [-0.2, 0) is 6.54 Å². The van der Waals surface area contributed by atoms with Gasteiger partial charge in [0.15, 0.2) is 0 Å². The summed E-state index contributed by atoms with van der Waals surface area (Å²) in [7, 11) is 4.30. The van der Waals surface area contributed by atoms with E-state index in [4.69, 9.17) is 23.2 Å². The lowest BCUT2D eigenvalue weighted by Crippen LogP contribution is -2.34. The molecule has 0 bridgehead atoms. The highest BCUT2D eigenvalue weighted by Crippen LogP contribution is 2.25. The van der Waals surface area contributed by atoms with Crippen LogP contribution in [0.1, 0.15) is 24.8 Å². The SMILES string of the molecule is CN(C)CCC1CCN(Cc2ccc(Cl)cc2Cl)CC1. The van der Waals surface area contributed by atoms with Crippen molar-refractivity contribution in [3.05, 3.63) is 33.8 Å². The first-order chi connectivity index (χ1) is 9.54. The van der Waals surface area contributed by atoms with Crippen LogP contribution in [0.25, 0.3) is 0 Å². The van der Waals surface area contributed by atoms with Gasteiger partial charge in [0, 0.05) is 16.6 Å². The zero-order valence-corrected chi connectivity index (χ0v) is 13.9. The molecular weight excluding hydrogens is 291 g/mol. The van der Waals surface area contributed by atoms with E-state index in [0.717, 1.165) is 17.5 Å². The zero-order valence-electron chi connectivity index (χ0n) is 12.4. The summed E-state index contributed by atoms with van der Waals surface area (Å²) in [5.41, 5.74) is 1.18. The lowest BCUT2D eigenvalue weighted by atomic mass is 9.93. The van der Waals surface area contributed by atoms with Crippen molar-refractivity contribution < 1.29 is 0 Å². The predicted molar refractivity (Wildman–Crippen MR) is 87.6 cm³/mol. The van der Waals surface area contributed by atoms with Crippen LogP contribution < -0.4 is 0 Å². The largest absolute Gasteiger partial charge is 0.309 e. The monoisotopic (exact) mass is 314 g/mol. The van der Waals surface area contributed by atoms with Gasteiger partial charge in [0.2, 0.25) is 0 Å². The van der Waals surface area contributed by atoms with Crippen LogP contribution in [-0.4, -0.2) is 43.5 Å². The molecule has 0 unspecified atom stereocenters. The average molecular weight is 315 g/mol. The molecule has 0 amide bonds. The topological polar surface area (TPSA) is 6.48 Å². The molecule has 0 spiro atoms. The fraction of sp³-hybridized carbons (Fsp3) is 0.625. The zero-order chi connectivity index (χ0) is 14.5. The van der Waals surface area contributed by atoms with E-state index < -0.39 is 0 Å². The van der Waals surface area contributed by atoms with Crippen LogP contribution in [0.2, 0.25) is 10.0 Å². The molecule has 20 heavy (non-hydrogen) atoms. The van der Waals surface area contributed by atoms with Crippen molar-refractivity contribution in [2.45, 2.75) is 25.8 Å². The summed E-state index contributed by atoms with van der Waals surface area (Å²) < 4.78 is 0. The number of nitrogens with zero attached hydrogens (tertiary/aromatic N) is 2. The summed E-state index contributed by atoms with van der Waals surface area (Å²) in [4.78, 5) is 4.78. The predicted octanol–water partition coefficient (Wildman–Crippen LogP) is 4.16. The molecule has 0 atom stereocenters. The molecule has 0 aliphatic carbocycles. The Hall–Kier alpha value is -0.280. The number of piperidine rings is 1. The summed E-state index contributed by atoms with van der Waals surface area (Å²) in [6, 6.07) is 5.80. The Morgan fingerprint density at radius 2 is 1.90 bits per heavy atom. The van der Waals surface area contributed by atoms with Crippen LogP contribution in [0.15, 0.2) is 18.2 Å². The number of rotatable bonds is 5. The standard InChI is InChI=1S/C16H24Cl2N2/c1-19(2)8-5-13-6-9-20(10-7-13)12-14-3-4-15(17)11-16(14)18/h3-4,11,13H,5-10,12H2,1-2H3. The Labute approximate surface area is 132 Å². The molecule has 1 saturated heterocycles. The van der Waals surface area contributed by atoms with Crippen LogP contribution in [0.4, 0.5) is 0 Å². The first-order valence-electron chi connectivity index (χ1n) is 7.35. The van der Waals surface area contributed by atoms with Gasteiger partial charge < -0.3 is 4.90 Å². The molecule has 2 nitrogen and oxygen atoms in total. The van der Waals surface area contributed by atoms with Crippen molar-refractivity contribution >= 4 is 23.2 Å². The molecule has 1 aliphatic rings. The van der Waals surface area contributed by atoms with Crippen molar-refractivity contribution in [2.24, 2.45) is 5.92 Å². The minimum absolute atomic E-state index is 0.709. The maximum absolute atomic E-state index is 6.25. The Morgan fingerprint density at radius 3 is 2.50 bits per heavy atom. The molecule has 0 radical (unpaired) electrons. The Bertz CT molecular complexity index is 426. The molecule has 112 valence electrons. The highest BCUT2D eigenvalue weighted by atomic mass is 35.5. The van der Waals surface area contributed by atoms with E-state index in [1.165, 1.54) is 44.5 Å². The molecule has 1 aliphatic heterocycles. The molecule has 1 aromatic rings. The maximum atomic E-state index is 6.25. The average Bonchev–Trinajstić information content (AvgIpc) is 2.41. The van der Waals surface area contributed by atoms with Crippen LogP contribution in [0.5, 0.6) is 0 Å². The van der Waals surface area contributed by atoms with Gasteiger partial charge in [0.25, 0.3) is 0 Å². The molecule has 0 N–H and O–H groups in total. The van der Waals surface area contributed by atoms with Gasteiger partial charge in [0.1, 0.15) is 0 Å². The van der Waals surface area contributed by atoms with Crippen molar-refractivity contribution in [3.63, 3.8) is 0 Å². The van der Waals surface area contributed by atoms with Crippen molar-refractivity contribution in [3.8, 4) is 0 Å². The molecule has 0 saturated carbocycles. The van der Waals surface area contributed by atoms with E-state index in [1.54, 1.807) is 0 Å². The second-order valence-electron chi connectivity index (χ2n) is 6.05. The van der Waals surface area contributed by atoms with E-state index in [2.05, 4.69) is 23.9 Å². The Morgan fingerprint density at radius 1 is 1.20 bits per heavy atom. The lowest BCUT2D eigenvalue weighted by molar-refractivity contribution is 0.166. The van der Waals surface area contributed by atoms with Gasteiger partial charge in [-0.3, -0.25) is 4.90 Å². The van der Waals surface area contributed by atoms with E-state index in [-0.39, 0.29) is 0 Å². The molecule has 4 heteroatoms. The quantitative estimate of drug-likeness (QED) is 0.805. The second kappa shape index (κ2) is 7.65. The molecule has 0 aromatic heterocycles. The van der Waals surface area contributed by atoms with E-state index >= 15 is 0 Å². The Balaban J connectivity index is 1.79. The van der Waals surface area contributed by atoms with E-state index in [9.17, 15) is 0 Å². The highest BCUT2D eigenvalue weighted by Gasteiger charge is 2.19. The summed E-state index contributed by atoms with van der Waals surface area (Å²) in [6.07, 6.45) is 3.93. The molecule has 1 fully saturated rings. The van der Waals surface area contributed by atoms with Crippen molar-refractivity contribution in [2.75, 3.05) is 33.7 Å². The normalized spacial score (nSPS) is 17.9. The van der Waals surface area contributed by atoms with Crippen molar-refractivity contribution in [1.82, 2.24) is 9.80 Å². The first kappa shape index (κ1) is 16.1. The number of halogens is 2. The van der Waals surface area contributed by atoms with Crippen LogP contribution in [0.3, 0.4) is 0 Å². The van der Waals surface area contributed by atoms with Crippen LogP contribution >= 0.6 is 23.2 Å². The fourth-order valence-electron chi connectivity index (χ4n) is 2.76. The number of hydrogen-bond acceptors (Lipinski definition) is 2. The molecular formula is C16H24Cl2N2. The summed E-state index contributed by atoms with van der Waals surface area (Å²) in [5.74, 6) is 0.884. The van der Waals surface area contributed by atoms with E-state index in [1.807, 2.05) is 18.2 Å². The number of likely N-dealkylation sites (tertiary alicyclic amines) is 1. The van der Waals surface area contributed by atoms with E-state index in [0.29, 0.717) is 5.02 Å². The smallest absolute Gasteiger partial charge is 0.0465 e. The summed E-state index contributed by atoms with van der Waals surface area (Å²) in [5, 5.41) is 1.49. The Kier molecular flexibility index (Phi) is 6.16. The number of hydrogen-bond donors (Lipinski definition) is 0. The summed E-state index contributed by atoms with van der Waals surface area (Å²) in [6.45, 7) is 4.50. The minimum Gasteiger partial charge on any atom is -0.309 e.